The number of allylic oxidation sites excluding steroid dienone is 1. The van der Waals surface area contributed by atoms with Crippen LogP contribution in [0.3, 0.4) is 0 Å². The van der Waals surface area contributed by atoms with Gasteiger partial charge in [0.15, 0.2) is 0 Å². The van der Waals surface area contributed by atoms with Crippen molar-refractivity contribution in [1.82, 2.24) is 20.9 Å². The number of unbranched alkanes of at least 4 members (excludes halogenated alkanes) is 1. The van der Waals surface area contributed by atoms with Crippen LogP contribution < -0.4 is 16.0 Å². The number of nitrogens with zero attached hydrogens (tertiary/aromatic N) is 1. The lowest BCUT2D eigenvalue weighted by Gasteiger charge is -2.58. The van der Waals surface area contributed by atoms with Crippen molar-refractivity contribution < 1.29 is 33.4 Å². The Labute approximate surface area is 421 Å². The third kappa shape index (κ3) is 17.7. The fraction of sp³-hybridized carbons (Fsp3) is 0.897. The number of nitrogens with one attached hydrogen (secondary N) is 3. The first kappa shape index (κ1) is 58.7. The predicted molar refractivity (Wildman–Crippen MR) is 281 cm³/mol. The van der Waals surface area contributed by atoms with Crippen molar-refractivity contribution in [3.8, 4) is 0 Å². The summed E-state index contributed by atoms with van der Waals surface area (Å²) in [5.74, 6) is 5.40. The number of ether oxygens (including phenoxy) is 3. The van der Waals surface area contributed by atoms with E-state index in [-0.39, 0.29) is 36.2 Å². The van der Waals surface area contributed by atoms with Crippen molar-refractivity contribution in [2.24, 2.45) is 52.3 Å². The van der Waals surface area contributed by atoms with Gasteiger partial charge in [0.1, 0.15) is 17.3 Å². The fourth-order valence-electron chi connectivity index (χ4n) is 13.3. The summed E-state index contributed by atoms with van der Waals surface area (Å²) in [4.78, 5) is 54.0. The summed E-state index contributed by atoms with van der Waals surface area (Å²) in [7, 11) is 0. The second-order valence-electron chi connectivity index (χ2n) is 26.5. The maximum atomic E-state index is 13.8. The number of alkyl carbamates (subject to hydrolysis) is 2. The number of carbonyl (C=O) groups is 4. The summed E-state index contributed by atoms with van der Waals surface area (Å²) < 4.78 is 17.1. The number of hydrogen-bond donors (Lipinski definition) is 3. The summed E-state index contributed by atoms with van der Waals surface area (Å²) in [5, 5.41) is 9.43. The first-order chi connectivity index (χ1) is 32.0. The van der Waals surface area contributed by atoms with Gasteiger partial charge in [-0.25, -0.2) is 9.59 Å². The van der Waals surface area contributed by atoms with Crippen LogP contribution in [0.1, 0.15) is 226 Å². The SMILES string of the molecule is CC[C@H](CC[C@@H](C)[C@H]1CC[C@H]2[C@@H]3CC=C4C[C@@H](OC(=O)CCCC(=O)N(CCCCNCCC(C)(C)NC(=O)OC(C)(C)C)CCC(C)(C)NC(=O)OC(C)(C)C)CC[C@]4(C)[C@H]3CC[C@]12C)C(C)C. The highest BCUT2D eigenvalue weighted by atomic mass is 16.6. The molecule has 0 unspecified atom stereocenters. The minimum atomic E-state index is -0.613. The molecule has 398 valence electrons. The molecule has 3 fully saturated rings. The highest BCUT2D eigenvalue weighted by Crippen LogP contribution is 2.67. The molecule has 0 aliphatic heterocycles. The van der Waals surface area contributed by atoms with E-state index >= 15 is 0 Å². The number of amides is 3. The first-order valence-corrected chi connectivity index (χ1v) is 27.9. The van der Waals surface area contributed by atoms with Crippen molar-refractivity contribution in [3.63, 3.8) is 0 Å². The average Bonchev–Trinajstić information content (AvgIpc) is 3.57. The Morgan fingerprint density at radius 2 is 1.38 bits per heavy atom. The van der Waals surface area contributed by atoms with Gasteiger partial charge in [0.2, 0.25) is 5.91 Å². The molecule has 0 saturated heterocycles. The molecule has 0 radical (unpaired) electrons. The van der Waals surface area contributed by atoms with E-state index in [1.54, 1.807) is 0 Å². The molecule has 11 heteroatoms. The largest absolute Gasteiger partial charge is 0.462 e. The lowest BCUT2D eigenvalue weighted by Crippen LogP contribution is -2.51. The van der Waals surface area contributed by atoms with E-state index in [2.05, 4.69) is 63.6 Å². The van der Waals surface area contributed by atoms with Crippen LogP contribution in [0.25, 0.3) is 0 Å². The Kier molecular flexibility index (Phi) is 21.1. The Morgan fingerprint density at radius 1 is 0.739 bits per heavy atom. The van der Waals surface area contributed by atoms with Crippen LogP contribution in [0.2, 0.25) is 0 Å². The van der Waals surface area contributed by atoms with Crippen LogP contribution >= 0.6 is 0 Å². The van der Waals surface area contributed by atoms with Crippen LogP contribution in [0.15, 0.2) is 11.6 Å². The van der Waals surface area contributed by atoms with Gasteiger partial charge in [-0.1, -0.05) is 66.0 Å². The summed E-state index contributed by atoms with van der Waals surface area (Å²) in [6.45, 7) is 36.5. The second kappa shape index (κ2) is 24.7. The number of rotatable bonds is 24. The minimum absolute atomic E-state index is 0.0111. The summed E-state index contributed by atoms with van der Waals surface area (Å²) in [6, 6.07) is 0. The van der Waals surface area contributed by atoms with Gasteiger partial charge >= 0.3 is 18.2 Å². The van der Waals surface area contributed by atoms with Gasteiger partial charge in [-0.2, -0.15) is 0 Å². The maximum Gasteiger partial charge on any atom is 0.408 e. The van der Waals surface area contributed by atoms with E-state index in [4.69, 9.17) is 14.2 Å². The van der Waals surface area contributed by atoms with E-state index in [0.29, 0.717) is 31.3 Å². The molecule has 69 heavy (non-hydrogen) atoms. The highest BCUT2D eigenvalue weighted by molar-refractivity contribution is 5.77. The number of fused-ring (bicyclic) bond motifs is 5. The predicted octanol–water partition coefficient (Wildman–Crippen LogP) is 13.3. The number of carbonyl (C=O) groups excluding carboxylic acids is 4. The van der Waals surface area contributed by atoms with Crippen LogP contribution in [-0.4, -0.2) is 83.5 Å². The van der Waals surface area contributed by atoms with Crippen molar-refractivity contribution in [2.75, 3.05) is 26.2 Å². The Balaban J connectivity index is 1.26. The van der Waals surface area contributed by atoms with Crippen LogP contribution in [0.5, 0.6) is 0 Å². The maximum absolute atomic E-state index is 13.8. The molecular formula is C58H104N4O7. The van der Waals surface area contributed by atoms with Gasteiger partial charge in [-0.15, -0.1) is 0 Å². The van der Waals surface area contributed by atoms with Gasteiger partial charge in [-0.05, 0) is 218 Å². The zero-order valence-corrected chi connectivity index (χ0v) is 47.1. The highest BCUT2D eigenvalue weighted by Gasteiger charge is 2.59. The molecule has 4 aliphatic carbocycles. The van der Waals surface area contributed by atoms with Crippen molar-refractivity contribution in [2.45, 2.75) is 255 Å². The molecule has 4 aliphatic rings. The van der Waals surface area contributed by atoms with Crippen LogP contribution in [-0.2, 0) is 23.8 Å². The van der Waals surface area contributed by atoms with Gasteiger partial charge in [0.05, 0.1) is 0 Å². The molecule has 4 rings (SSSR count). The lowest BCUT2D eigenvalue weighted by molar-refractivity contribution is -0.151. The van der Waals surface area contributed by atoms with E-state index in [9.17, 15) is 19.2 Å². The fourth-order valence-corrected chi connectivity index (χ4v) is 13.3. The molecule has 3 saturated carbocycles. The quantitative estimate of drug-likeness (QED) is 0.0377. The molecule has 0 aromatic carbocycles. The molecule has 0 aromatic rings. The van der Waals surface area contributed by atoms with Gasteiger partial charge in [0, 0.05) is 43.4 Å². The zero-order chi connectivity index (χ0) is 51.6. The van der Waals surface area contributed by atoms with Gasteiger partial charge < -0.3 is 35.1 Å². The van der Waals surface area contributed by atoms with Crippen LogP contribution in [0.4, 0.5) is 9.59 Å². The molecular weight excluding hydrogens is 865 g/mol. The molecule has 0 bridgehead atoms. The topological polar surface area (TPSA) is 135 Å². The standard InChI is InChI=1S/C58H104N4O7/c1-17-42(40(2)3)24-23-41(4)46-27-28-47-45-26-25-43-39-44(29-31-57(43,15)48(45)30-32-58(46,47)16)67-50(64)22-20-21-49(63)62(38-34-56(13,14)61-52(66)69-54(8,9)10)37-19-18-35-59-36-33-55(11,12)60-51(65)68-53(5,6)7/h25,40-42,44-48,59H,17-24,26-39H2,1-16H3,(H,60,65)(H,61,66)/t41-,42-,44+,45+,46-,47+,48+,57+,58-/m1/s1. The zero-order valence-electron chi connectivity index (χ0n) is 47.1. The number of esters is 1. The Morgan fingerprint density at radius 3 is 1.99 bits per heavy atom. The molecule has 3 amide bonds. The van der Waals surface area contributed by atoms with Crippen LogP contribution in [0, 0.1) is 52.3 Å². The third-order valence-corrected chi connectivity index (χ3v) is 17.3. The second-order valence-corrected chi connectivity index (χ2v) is 26.5. The van der Waals surface area contributed by atoms with Crippen molar-refractivity contribution >= 4 is 24.1 Å². The normalized spacial score (nSPS) is 27.0. The Bertz CT molecular complexity index is 1710. The molecule has 0 spiro atoms. The third-order valence-electron chi connectivity index (χ3n) is 17.3. The molecule has 0 heterocycles. The monoisotopic (exact) mass is 969 g/mol. The lowest BCUT2D eigenvalue weighted by atomic mass is 9.47. The Hall–Kier alpha value is -2.82. The number of hydrogen-bond acceptors (Lipinski definition) is 8. The average molecular weight is 969 g/mol. The smallest absolute Gasteiger partial charge is 0.408 e. The van der Waals surface area contributed by atoms with Gasteiger partial charge in [-0.3, -0.25) is 9.59 Å². The summed E-state index contributed by atoms with van der Waals surface area (Å²) in [6.07, 6.45) is 19.0. The molecule has 3 N–H and O–H groups in total. The molecule has 0 aromatic heterocycles. The molecule has 9 atom stereocenters. The van der Waals surface area contributed by atoms with E-state index < -0.39 is 34.5 Å². The van der Waals surface area contributed by atoms with E-state index in [1.807, 2.05) is 74.1 Å². The molecule has 11 nitrogen and oxygen atoms in total. The van der Waals surface area contributed by atoms with E-state index in [0.717, 1.165) is 93.0 Å². The summed E-state index contributed by atoms with van der Waals surface area (Å²) >= 11 is 0. The minimum Gasteiger partial charge on any atom is -0.462 e. The van der Waals surface area contributed by atoms with Gasteiger partial charge in [0.25, 0.3) is 0 Å². The first-order valence-electron chi connectivity index (χ1n) is 27.9. The van der Waals surface area contributed by atoms with E-state index in [1.165, 1.54) is 56.9 Å². The summed E-state index contributed by atoms with van der Waals surface area (Å²) in [5.41, 5.74) is -0.00408. The van der Waals surface area contributed by atoms with Crippen molar-refractivity contribution in [1.29, 1.82) is 0 Å². The van der Waals surface area contributed by atoms with Crippen molar-refractivity contribution in [3.05, 3.63) is 11.6 Å².